The maximum absolute atomic E-state index is 14.4. The second-order valence-corrected chi connectivity index (χ2v) is 9.94. The van der Waals surface area contributed by atoms with E-state index in [2.05, 4.69) is 59.5 Å². The molecule has 182 valence electrons. The first-order chi connectivity index (χ1) is 18.2. The molecule has 0 unspecified atom stereocenters. The van der Waals surface area contributed by atoms with E-state index in [1.807, 2.05) is 53.4 Å². The van der Waals surface area contributed by atoms with Crippen LogP contribution in [0, 0.1) is 0 Å². The van der Waals surface area contributed by atoms with Crippen LogP contribution in [0.2, 0.25) is 0 Å². The predicted octanol–water partition coefficient (Wildman–Crippen LogP) is 6.34. The highest BCUT2D eigenvalue weighted by molar-refractivity contribution is 6.20. The van der Waals surface area contributed by atoms with Crippen LogP contribution in [0.25, 0.3) is 0 Å². The molecule has 0 radical (unpaired) electrons. The molecule has 1 amide bonds. The van der Waals surface area contributed by atoms with Gasteiger partial charge in [-0.25, -0.2) is 4.99 Å². The molecule has 2 atom stereocenters. The second-order valence-electron chi connectivity index (χ2n) is 9.94. The number of benzene rings is 4. The van der Waals surface area contributed by atoms with Crippen LogP contribution < -0.4 is 9.64 Å². The highest BCUT2D eigenvalue weighted by Gasteiger charge is 2.61. The number of methoxy groups -OCH3 is 1. The van der Waals surface area contributed by atoms with Gasteiger partial charge in [-0.05, 0) is 59.5 Å². The molecule has 0 N–H and O–H groups in total. The van der Waals surface area contributed by atoms with Crippen molar-refractivity contribution in [2.75, 3.05) is 18.6 Å². The van der Waals surface area contributed by atoms with Crippen molar-refractivity contribution in [1.29, 1.82) is 0 Å². The average Bonchev–Trinajstić information content (AvgIpc) is 3.28. The smallest absolute Gasteiger partial charge is 0.231 e. The van der Waals surface area contributed by atoms with Gasteiger partial charge in [0, 0.05) is 18.8 Å². The van der Waals surface area contributed by atoms with Gasteiger partial charge in [-0.15, -0.1) is 0 Å². The fraction of sp³-hybridized carbons (Fsp3) is 0.188. The standard InChI is InChI=1S/C32H27N3O2/c1-37-24-17-15-23(16-18-24)35-28-14-8-5-11-25(28)29-30(36)34(21-22-9-3-2-4-10-22)20-19-32(29)26-12-6-7-13-27(26)33-31(32)35/h2-18,29H,19-21H2,1H3/t29-,32-/m1/s1. The number of para-hydroxylation sites is 2. The number of fused-ring (bicyclic) bond motifs is 3. The molecule has 0 aromatic heterocycles. The third kappa shape index (κ3) is 3.17. The Kier molecular flexibility index (Phi) is 4.93. The van der Waals surface area contributed by atoms with Crippen LogP contribution in [0.1, 0.15) is 29.0 Å². The van der Waals surface area contributed by atoms with Crippen LogP contribution in [0.3, 0.4) is 0 Å². The van der Waals surface area contributed by atoms with E-state index in [1.165, 1.54) is 0 Å². The van der Waals surface area contributed by atoms with E-state index in [-0.39, 0.29) is 11.8 Å². The Morgan fingerprint density at radius 3 is 2.43 bits per heavy atom. The lowest BCUT2D eigenvalue weighted by molar-refractivity contribution is -0.137. The lowest BCUT2D eigenvalue weighted by Crippen LogP contribution is -2.60. The summed E-state index contributed by atoms with van der Waals surface area (Å²) in [4.78, 5) is 24.0. The van der Waals surface area contributed by atoms with Crippen molar-refractivity contribution in [3.63, 3.8) is 0 Å². The summed E-state index contributed by atoms with van der Waals surface area (Å²) >= 11 is 0. The van der Waals surface area contributed by atoms with Gasteiger partial charge < -0.3 is 9.64 Å². The van der Waals surface area contributed by atoms with Crippen LogP contribution in [-0.4, -0.2) is 30.3 Å². The Morgan fingerprint density at radius 1 is 0.892 bits per heavy atom. The number of hydrogen-bond acceptors (Lipinski definition) is 4. The van der Waals surface area contributed by atoms with E-state index in [4.69, 9.17) is 9.73 Å². The lowest BCUT2D eigenvalue weighted by atomic mass is 9.60. The van der Waals surface area contributed by atoms with E-state index in [0.717, 1.165) is 51.8 Å². The number of likely N-dealkylation sites (tertiary alicyclic amines) is 1. The van der Waals surface area contributed by atoms with E-state index >= 15 is 0 Å². The molecule has 4 aromatic rings. The van der Waals surface area contributed by atoms with Gasteiger partial charge in [0.1, 0.15) is 11.6 Å². The number of hydrogen-bond donors (Lipinski definition) is 0. The molecule has 0 aliphatic carbocycles. The van der Waals surface area contributed by atoms with Crippen LogP contribution in [0.15, 0.2) is 108 Å². The molecule has 0 bridgehead atoms. The zero-order valence-corrected chi connectivity index (χ0v) is 20.7. The predicted molar refractivity (Wildman–Crippen MR) is 146 cm³/mol. The largest absolute Gasteiger partial charge is 0.497 e. The summed E-state index contributed by atoms with van der Waals surface area (Å²) in [6.07, 6.45) is 0.813. The Bertz CT molecular complexity index is 1530. The SMILES string of the molecule is COc1ccc(N2C3=Nc4ccccc4[C@@]34CCN(Cc3ccccc3)C(=O)[C@H]4c3ccccc32)cc1. The number of carbonyl (C=O) groups is 1. The molecule has 5 nitrogen and oxygen atoms in total. The summed E-state index contributed by atoms with van der Waals surface area (Å²) in [7, 11) is 1.68. The van der Waals surface area contributed by atoms with Gasteiger partial charge in [0.2, 0.25) is 5.91 Å². The summed E-state index contributed by atoms with van der Waals surface area (Å²) in [6.45, 7) is 1.29. The molecular formula is C32H27N3O2. The van der Waals surface area contributed by atoms with Gasteiger partial charge in [-0.2, -0.15) is 0 Å². The first-order valence-electron chi connectivity index (χ1n) is 12.8. The van der Waals surface area contributed by atoms with Crippen LogP contribution in [-0.2, 0) is 16.8 Å². The molecule has 7 rings (SSSR count). The van der Waals surface area contributed by atoms with Gasteiger partial charge >= 0.3 is 0 Å². The number of ether oxygens (including phenoxy) is 1. The third-order valence-corrected chi connectivity index (χ3v) is 8.08. The zero-order chi connectivity index (χ0) is 25.0. The topological polar surface area (TPSA) is 45.1 Å². The summed E-state index contributed by atoms with van der Waals surface area (Å²) < 4.78 is 5.42. The van der Waals surface area contributed by atoms with Crippen LogP contribution >= 0.6 is 0 Å². The maximum atomic E-state index is 14.4. The number of carbonyl (C=O) groups excluding carboxylic acids is 1. The molecule has 5 heteroatoms. The quantitative estimate of drug-likeness (QED) is 0.339. The summed E-state index contributed by atoms with van der Waals surface area (Å²) in [5.41, 5.74) is 5.81. The first kappa shape index (κ1) is 21.9. The van der Waals surface area contributed by atoms with Crippen molar-refractivity contribution in [2.45, 2.75) is 24.3 Å². The molecule has 3 heterocycles. The Labute approximate surface area is 216 Å². The molecule has 3 aliphatic rings. The van der Waals surface area contributed by atoms with Crippen molar-refractivity contribution < 1.29 is 9.53 Å². The van der Waals surface area contributed by atoms with Gasteiger partial charge in [0.05, 0.1) is 29.8 Å². The molecule has 37 heavy (non-hydrogen) atoms. The molecule has 1 spiro atoms. The number of anilines is 2. The van der Waals surface area contributed by atoms with Crippen molar-refractivity contribution in [1.82, 2.24) is 4.90 Å². The van der Waals surface area contributed by atoms with Crippen molar-refractivity contribution in [3.05, 3.63) is 120 Å². The number of rotatable bonds is 4. The fourth-order valence-electron chi connectivity index (χ4n) is 6.42. The minimum atomic E-state index is -0.519. The van der Waals surface area contributed by atoms with Gasteiger partial charge in [-0.1, -0.05) is 66.7 Å². The number of amidine groups is 1. The minimum Gasteiger partial charge on any atom is -0.497 e. The summed E-state index contributed by atoms with van der Waals surface area (Å²) in [5.74, 6) is 1.58. The molecule has 0 saturated carbocycles. The number of piperidine rings is 1. The Morgan fingerprint density at radius 2 is 1.62 bits per heavy atom. The lowest BCUT2D eigenvalue weighted by Gasteiger charge is -2.52. The second kappa shape index (κ2) is 8.34. The van der Waals surface area contributed by atoms with E-state index in [1.54, 1.807) is 7.11 Å². The van der Waals surface area contributed by atoms with Crippen molar-refractivity contribution in [3.8, 4) is 5.75 Å². The first-order valence-corrected chi connectivity index (χ1v) is 12.8. The number of amides is 1. The molecule has 4 aromatic carbocycles. The summed E-state index contributed by atoms with van der Waals surface area (Å²) in [5, 5.41) is 0. The summed E-state index contributed by atoms with van der Waals surface area (Å²) in [6, 6.07) is 35.0. The normalized spacial score (nSPS) is 21.5. The van der Waals surface area contributed by atoms with E-state index in [0.29, 0.717) is 13.1 Å². The third-order valence-electron chi connectivity index (χ3n) is 8.08. The molecule has 3 aliphatic heterocycles. The minimum absolute atomic E-state index is 0.168. The van der Waals surface area contributed by atoms with Crippen molar-refractivity contribution in [2.24, 2.45) is 4.99 Å². The molecule has 1 saturated heterocycles. The van der Waals surface area contributed by atoms with Crippen LogP contribution in [0.4, 0.5) is 17.1 Å². The van der Waals surface area contributed by atoms with E-state index < -0.39 is 5.41 Å². The monoisotopic (exact) mass is 485 g/mol. The highest BCUT2D eigenvalue weighted by atomic mass is 16.5. The molecular weight excluding hydrogens is 458 g/mol. The Balaban J connectivity index is 1.42. The molecule has 1 fully saturated rings. The van der Waals surface area contributed by atoms with Crippen LogP contribution in [0.5, 0.6) is 5.75 Å². The maximum Gasteiger partial charge on any atom is 0.231 e. The Hall–Kier alpha value is -4.38. The fourth-order valence-corrected chi connectivity index (χ4v) is 6.42. The van der Waals surface area contributed by atoms with Crippen molar-refractivity contribution >= 4 is 28.8 Å². The van der Waals surface area contributed by atoms with Gasteiger partial charge in [-0.3, -0.25) is 9.69 Å². The van der Waals surface area contributed by atoms with E-state index in [9.17, 15) is 4.79 Å². The highest BCUT2D eigenvalue weighted by Crippen LogP contribution is 2.60. The average molecular weight is 486 g/mol. The number of aliphatic imine (C=N–C) groups is 1. The van der Waals surface area contributed by atoms with Gasteiger partial charge in [0.25, 0.3) is 0 Å². The van der Waals surface area contributed by atoms with Gasteiger partial charge in [0.15, 0.2) is 0 Å². The number of nitrogens with zero attached hydrogens (tertiary/aromatic N) is 3. The zero-order valence-electron chi connectivity index (χ0n) is 20.7.